The normalized spacial score (nSPS) is 32.2. The van der Waals surface area contributed by atoms with Crippen LogP contribution < -0.4 is 0 Å². The molecule has 3 atom stereocenters. The topological polar surface area (TPSA) is 60.7 Å². The van der Waals surface area contributed by atoms with E-state index in [9.17, 15) is 15.3 Å². The van der Waals surface area contributed by atoms with E-state index < -0.39 is 18.3 Å². The summed E-state index contributed by atoms with van der Waals surface area (Å²) >= 11 is 0. The first-order chi connectivity index (χ1) is 7.25. The fraction of sp³-hybridized carbons (Fsp3) is 0.692. The van der Waals surface area contributed by atoms with Crippen molar-refractivity contribution in [2.75, 3.05) is 0 Å². The summed E-state index contributed by atoms with van der Waals surface area (Å²) in [5.74, 6) is 0. The van der Waals surface area contributed by atoms with E-state index in [1.807, 2.05) is 26.8 Å². The summed E-state index contributed by atoms with van der Waals surface area (Å²) in [6.45, 7) is 7.59. The molecule has 1 rings (SSSR count). The highest BCUT2D eigenvalue weighted by Crippen LogP contribution is 2.41. The third kappa shape index (κ3) is 2.73. The highest BCUT2D eigenvalue weighted by Gasteiger charge is 2.36. The van der Waals surface area contributed by atoms with Crippen molar-refractivity contribution in [2.45, 2.75) is 52.4 Å². The second kappa shape index (κ2) is 4.70. The van der Waals surface area contributed by atoms with Gasteiger partial charge in [0.1, 0.15) is 6.10 Å². The molecule has 0 bridgehead atoms. The molecular formula is C13H22O3. The predicted octanol–water partition coefficient (Wildman–Crippen LogP) is 1.39. The molecule has 0 aromatic rings. The van der Waals surface area contributed by atoms with Crippen LogP contribution in [0.15, 0.2) is 23.3 Å². The smallest absolute Gasteiger partial charge is 0.101 e. The first-order valence-electron chi connectivity index (χ1n) is 5.69. The lowest BCUT2D eigenvalue weighted by Crippen LogP contribution is -2.39. The van der Waals surface area contributed by atoms with Crippen molar-refractivity contribution in [3.8, 4) is 0 Å². The summed E-state index contributed by atoms with van der Waals surface area (Å²) in [5, 5.41) is 28.8. The van der Waals surface area contributed by atoms with Crippen molar-refractivity contribution in [3.63, 3.8) is 0 Å². The minimum absolute atomic E-state index is 0.173. The molecule has 0 unspecified atom stereocenters. The molecule has 3 nitrogen and oxygen atoms in total. The van der Waals surface area contributed by atoms with E-state index in [0.717, 1.165) is 11.1 Å². The minimum Gasteiger partial charge on any atom is -0.390 e. The second-order valence-corrected chi connectivity index (χ2v) is 5.30. The predicted molar refractivity (Wildman–Crippen MR) is 63.9 cm³/mol. The Hall–Kier alpha value is -0.640. The van der Waals surface area contributed by atoms with Crippen LogP contribution >= 0.6 is 0 Å². The van der Waals surface area contributed by atoms with E-state index >= 15 is 0 Å². The fourth-order valence-corrected chi connectivity index (χ4v) is 2.32. The Labute approximate surface area is 97.1 Å². The molecular weight excluding hydrogens is 204 g/mol. The highest BCUT2D eigenvalue weighted by atomic mass is 16.3. The maximum Gasteiger partial charge on any atom is 0.101 e. The summed E-state index contributed by atoms with van der Waals surface area (Å²) in [6.07, 6.45) is 2.10. The number of hydrogen-bond donors (Lipinski definition) is 3. The Morgan fingerprint density at radius 2 is 1.94 bits per heavy atom. The summed E-state index contributed by atoms with van der Waals surface area (Å²) in [4.78, 5) is 0. The van der Waals surface area contributed by atoms with E-state index in [0.29, 0.717) is 6.42 Å². The molecule has 92 valence electrons. The van der Waals surface area contributed by atoms with Crippen molar-refractivity contribution in [3.05, 3.63) is 23.3 Å². The van der Waals surface area contributed by atoms with Crippen LogP contribution in [0.2, 0.25) is 0 Å². The van der Waals surface area contributed by atoms with Gasteiger partial charge in [0.2, 0.25) is 0 Å². The molecule has 16 heavy (non-hydrogen) atoms. The summed E-state index contributed by atoms with van der Waals surface area (Å²) in [6, 6.07) is 0. The maximum absolute atomic E-state index is 9.81. The van der Waals surface area contributed by atoms with Gasteiger partial charge >= 0.3 is 0 Å². The van der Waals surface area contributed by atoms with Gasteiger partial charge in [-0.2, -0.15) is 0 Å². The first-order valence-corrected chi connectivity index (χ1v) is 5.69. The van der Waals surface area contributed by atoms with E-state index in [4.69, 9.17) is 0 Å². The van der Waals surface area contributed by atoms with Gasteiger partial charge in [-0.15, -0.1) is 0 Å². The van der Waals surface area contributed by atoms with Crippen LogP contribution in [0.25, 0.3) is 0 Å². The van der Waals surface area contributed by atoms with Crippen LogP contribution in [0.4, 0.5) is 0 Å². The highest BCUT2D eigenvalue weighted by molar-refractivity contribution is 5.36. The van der Waals surface area contributed by atoms with Gasteiger partial charge in [-0.3, -0.25) is 0 Å². The van der Waals surface area contributed by atoms with E-state index in [1.54, 1.807) is 13.0 Å². The summed E-state index contributed by atoms with van der Waals surface area (Å²) < 4.78 is 0. The molecule has 1 aliphatic rings. The Bertz CT molecular complexity index is 313. The Balaban J connectivity index is 3.09. The van der Waals surface area contributed by atoms with Crippen molar-refractivity contribution >= 4 is 0 Å². The van der Waals surface area contributed by atoms with E-state index in [1.165, 1.54) is 0 Å². The first kappa shape index (κ1) is 13.4. The molecule has 0 spiro atoms. The van der Waals surface area contributed by atoms with Crippen molar-refractivity contribution in [2.24, 2.45) is 5.41 Å². The van der Waals surface area contributed by atoms with Gasteiger partial charge < -0.3 is 15.3 Å². The lowest BCUT2D eigenvalue weighted by Gasteiger charge is -2.38. The lowest BCUT2D eigenvalue weighted by atomic mass is 9.70. The van der Waals surface area contributed by atoms with Crippen molar-refractivity contribution < 1.29 is 15.3 Å². The van der Waals surface area contributed by atoms with E-state index in [-0.39, 0.29) is 5.41 Å². The van der Waals surface area contributed by atoms with Gasteiger partial charge in [-0.25, -0.2) is 0 Å². The standard InChI is InChI=1S/C13H22O3/c1-8(14)5-6-10-9(2)12(16)11(15)7-13(10,3)4/h5-6,8,11-12,14-16H,7H2,1-4H3/b6-5+/t8-,11+,12+/m1/s1. The minimum atomic E-state index is -0.790. The van der Waals surface area contributed by atoms with Gasteiger partial charge in [-0.1, -0.05) is 26.0 Å². The zero-order chi connectivity index (χ0) is 12.5. The maximum atomic E-state index is 9.81. The fourth-order valence-electron chi connectivity index (χ4n) is 2.32. The Kier molecular flexibility index (Phi) is 3.94. The average molecular weight is 226 g/mol. The SMILES string of the molecule is CC1=C(/C=C/[C@@H](C)O)C(C)(C)C[C@H](O)[C@H]1O. The largest absolute Gasteiger partial charge is 0.390 e. The molecule has 0 heterocycles. The molecule has 0 saturated carbocycles. The quantitative estimate of drug-likeness (QED) is 0.667. The van der Waals surface area contributed by atoms with Gasteiger partial charge in [0.05, 0.1) is 12.2 Å². The van der Waals surface area contributed by atoms with E-state index in [2.05, 4.69) is 0 Å². The molecule has 3 N–H and O–H groups in total. The number of allylic oxidation sites excluding steroid dienone is 2. The molecule has 3 heteroatoms. The van der Waals surface area contributed by atoms with Crippen LogP contribution in [0.1, 0.15) is 34.1 Å². The van der Waals surface area contributed by atoms with Crippen molar-refractivity contribution in [1.82, 2.24) is 0 Å². The molecule has 0 saturated heterocycles. The molecule has 0 amide bonds. The second-order valence-electron chi connectivity index (χ2n) is 5.30. The zero-order valence-electron chi connectivity index (χ0n) is 10.4. The number of aliphatic hydroxyl groups excluding tert-OH is 3. The van der Waals surface area contributed by atoms with Gasteiger partial charge in [0.15, 0.2) is 0 Å². The molecule has 0 aliphatic heterocycles. The van der Waals surface area contributed by atoms with Gasteiger partial charge in [0, 0.05) is 0 Å². The van der Waals surface area contributed by atoms with Crippen LogP contribution in [0.5, 0.6) is 0 Å². The van der Waals surface area contributed by atoms with Gasteiger partial charge in [-0.05, 0) is 36.8 Å². The average Bonchev–Trinajstić information content (AvgIpc) is 2.12. The van der Waals surface area contributed by atoms with Gasteiger partial charge in [0.25, 0.3) is 0 Å². The van der Waals surface area contributed by atoms with Crippen LogP contribution in [0.3, 0.4) is 0 Å². The molecule has 0 fully saturated rings. The molecule has 0 radical (unpaired) electrons. The Morgan fingerprint density at radius 1 is 1.38 bits per heavy atom. The third-order valence-corrected chi connectivity index (χ3v) is 3.22. The number of aliphatic hydroxyl groups is 3. The molecule has 0 aromatic heterocycles. The number of rotatable bonds is 2. The van der Waals surface area contributed by atoms with Crippen LogP contribution in [0, 0.1) is 5.41 Å². The summed E-state index contributed by atoms with van der Waals surface area (Å²) in [5.41, 5.74) is 1.63. The Morgan fingerprint density at radius 3 is 2.44 bits per heavy atom. The lowest BCUT2D eigenvalue weighted by molar-refractivity contribution is 0.00683. The molecule has 0 aromatic carbocycles. The molecule has 1 aliphatic carbocycles. The van der Waals surface area contributed by atoms with Crippen LogP contribution in [-0.2, 0) is 0 Å². The third-order valence-electron chi connectivity index (χ3n) is 3.22. The van der Waals surface area contributed by atoms with Crippen LogP contribution in [-0.4, -0.2) is 33.6 Å². The van der Waals surface area contributed by atoms with Crippen molar-refractivity contribution in [1.29, 1.82) is 0 Å². The monoisotopic (exact) mass is 226 g/mol. The summed E-state index contributed by atoms with van der Waals surface area (Å²) in [7, 11) is 0. The zero-order valence-corrected chi connectivity index (χ0v) is 10.4. The number of hydrogen-bond acceptors (Lipinski definition) is 3.